The molecule has 0 spiro atoms. The average molecular weight is 518 g/mol. The number of ether oxygens (including phenoxy) is 2. The zero-order valence-corrected chi connectivity index (χ0v) is 21.2. The van der Waals surface area contributed by atoms with Crippen LogP contribution in [-0.4, -0.2) is 37.0 Å². The molecule has 2 aromatic heterocycles. The number of nitrogens with two attached hydrogens (primary N) is 2. The Kier molecular flexibility index (Phi) is 7.61. The minimum absolute atomic E-state index is 0.00617. The van der Waals surface area contributed by atoms with Crippen LogP contribution in [0.3, 0.4) is 0 Å². The van der Waals surface area contributed by atoms with E-state index in [1.807, 2.05) is 83.6 Å². The summed E-state index contributed by atoms with van der Waals surface area (Å²) in [6.45, 7) is 1.37. The van der Waals surface area contributed by atoms with Crippen LogP contribution in [0.5, 0.6) is 11.5 Å². The van der Waals surface area contributed by atoms with Gasteiger partial charge in [-0.3, -0.25) is 0 Å². The van der Waals surface area contributed by atoms with Gasteiger partial charge in [0.05, 0.1) is 27.2 Å². The van der Waals surface area contributed by atoms with Crippen LogP contribution in [0.15, 0.2) is 93.5 Å². The van der Waals surface area contributed by atoms with E-state index in [4.69, 9.17) is 20.9 Å². The van der Waals surface area contributed by atoms with Gasteiger partial charge in [0.15, 0.2) is 0 Å². The summed E-state index contributed by atoms with van der Waals surface area (Å²) in [5.41, 5.74) is 13.8. The molecule has 5 N–H and O–H groups in total. The molecule has 0 unspecified atom stereocenters. The first-order chi connectivity index (χ1) is 17.6. The lowest BCUT2D eigenvalue weighted by molar-refractivity contribution is 0.149. The molecule has 0 radical (unpaired) electrons. The van der Waals surface area contributed by atoms with Crippen LogP contribution >= 0.6 is 22.7 Å². The number of hydrogen-bond donors (Lipinski definition) is 3. The number of amidine groups is 2. The van der Waals surface area contributed by atoms with E-state index in [1.54, 1.807) is 22.7 Å². The third kappa shape index (κ3) is 6.12. The molecule has 0 saturated carbocycles. The summed E-state index contributed by atoms with van der Waals surface area (Å²) in [5.74, 6) is 2.55. The fraction of sp³-hybridized carbons (Fsp3) is 0.185. The lowest BCUT2D eigenvalue weighted by Gasteiger charge is -2.21. The highest BCUT2D eigenvalue weighted by Gasteiger charge is 2.29. The van der Waals surface area contributed by atoms with Gasteiger partial charge in [-0.05, 0) is 72.3 Å². The molecule has 7 nitrogen and oxygen atoms in total. The Bertz CT molecular complexity index is 1320. The number of hydrogen-bond acceptors (Lipinski definition) is 7. The van der Waals surface area contributed by atoms with Crippen LogP contribution in [0.2, 0.25) is 0 Å². The van der Waals surface area contributed by atoms with Crippen molar-refractivity contribution in [2.45, 2.75) is 18.6 Å². The second-order valence-corrected chi connectivity index (χ2v) is 10.2. The van der Waals surface area contributed by atoms with Crippen molar-refractivity contribution in [2.24, 2.45) is 21.5 Å². The number of nitrogens with zero attached hydrogens (tertiary/aromatic N) is 2. The Balaban J connectivity index is 1.17. The molecule has 1 saturated heterocycles. The molecular formula is C27H27N5O2S2. The Morgan fingerprint density at radius 2 is 1.53 bits per heavy atom. The molecule has 0 aliphatic carbocycles. The van der Waals surface area contributed by atoms with Crippen molar-refractivity contribution >= 4 is 45.7 Å². The van der Waals surface area contributed by atoms with E-state index in [-0.39, 0.29) is 12.1 Å². The fourth-order valence-electron chi connectivity index (χ4n) is 3.89. The van der Waals surface area contributed by atoms with Crippen molar-refractivity contribution in [3.8, 4) is 11.5 Å². The largest absolute Gasteiger partial charge is 0.492 e. The molecule has 1 aliphatic heterocycles. The van der Waals surface area contributed by atoms with Gasteiger partial charge in [-0.15, -0.1) is 22.7 Å². The minimum Gasteiger partial charge on any atom is -0.492 e. The van der Waals surface area contributed by atoms with Crippen LogP contribution in [0.25, 0.3) is 0 Å². The van der Waals surface area contributed by atoms with Gasteiger partial charge >= 0.3 is 0 Å². The first kappa shape index (κ1) is 24.1. The third-order valence-electron chi connectivity index (χ3n) is 5.70. The standard InChI is InChI=1S/C27H27N5O2S2/c28-26(24-6-2-14-35-24)31-18-8-10-20(11-9-18)33-17-22-23(12-13-30-22)34-21-5-1-4-19(16-21)32-27(29)25-7-3-15-36-25/h1-11,14-16,22-23,30H,12-13,17H2,(H2,28,31)(H2,29,32)/t22-,23+/m1/s1. The zero-order chi connectivity index (χ0) is 24.7. The van der Waals surface area contributed by atoms with E-state index in [9.17, 15) is 0 Å². The van der Waals surface area contributed by atoms with Gasteiger partial charge in [0, 0.05) is 6.07 Å². The molecule has 5 rings (SSSR count). The number of aliphatic imine (C=N–C) groups is 2. The van der Waals surface area contributed by atoms with Crippen molar-refractivity contribution < 1.29 is 9.47 Å². The van der Waals surface area contributed by atoms with Gasteiger partial charge in [0.1, 0.15) is 35.9 Å². The molecule has 0 bridgehead atoms. The quantitative estimate of drug-likeness (QED) is 0.212. The van der Waals surface area contributed by atoms with Crippen molar-refractivity contribution in [3.05, 3.63) is 93.3 Å². The van der Waals surface area contributed by atoms with Gasteiger partial charge in [-0.25, -0.2) is 9.98 Å². The van der Waals surface area contributed by atoms with E-state index in [1.165, 1.54) is 0 Å². The molecule has 36 heavy (non-hydrogen) atoms. The van der Waals surface area contributed by atoms with E-state index in [0.717, 1.165) is 45.6 Å². The smallest absolute Gasteiger partial charge is 0.141 e. The van der Waals surface area contributed by atoms with Crippen LogP contribution in [0.1, 0.15) is 16.2 Å². The lowest BCUT2D eigenvalue weighted by atomic mass is 10.2. The van der Waals surface area contributed by atoms with Crippen LogP contribution in [0.4, 0.5) is 11.4 Å². The van der Waals surface area contributed by atoms with Gasteiger partial charge < -0.3 is 26.3 Å². The molecule has 0 amide bonds. The summed E-state index contributed by atoms with van der Waals surface area (Å²) < 4.78 is 12.4. The van der Waals surface area contributed by atoms with Crippen molar-refractivity contribution in [2.75, 3.05) is 13.2 Å². The van der Waals surface area contributed by atoms with Crippen molar-refractivity contribution in [1.29, 1.82) is 0 Å². The molecule has 2 atom stereocenters. The van der Waals surface area contributed by atoms with Crippen LogP contribution < -0.4 is 26.3 Å². The Labute approximate surface area is 218 Å². The number of rotatable bonds is 9. The maximum absolute atomic E-state index is 6.31. The maximum atomic E-state index is 6.31. The number of nitrogens with one attached hydrogen (secondary N) is 1. The molecule has 9 heteroatoms. The van der Waals surface area contributed by atoms with E-state index < -0.39 is 0 Å². The van der Waals surface area contributed by atoms with E-state index >= 15 is 0 Å². The van der Waals surface area contributed by atoms with Gasteiger partial charge in [0.25, 0.3) is 0 Å². The molecule has 2 aromatic carbocycles. The third-order valence-corrected chi connectivity index (χ3v) is 7.49. The highest BCUT2D eigenvalue weighted by atomic mass is 32.1. The highest BCUT2D eigenvalue weighted by molar-refractivity contribution is 7.12. The summed E-state index contributed by atoms with van der Waals surface area (Å²) in [7, 11) is 0. The van der Waals surface area contributed by atoms with Crippen LogP contribution in [0, 0.1) is 0 Å². The fourth-order valence-corrected chi connectivity index (χ4v) is 5.15. The minimum atomic E-state index is -0.00617. The summed E-state index contributed by atoms with van der Waals surface area (Å²) in [6.07, 6.45) is 0.891. The van der Waals surface area contributed by atoms with E-state index in [2.05, 4.69) is 15.3 Å². The summed E-state index contributed by atoms with van der Waals surface area (Å²) >= 11 is 3.13. The van der Waals surface area contributed by atoms with Gasteiger partial charge in [-0.2, -0.15) is 0 Å². The first-order valence-corrected chi connectivity index (χ1v) is 13.4. The number of benzene rings is 2. The zero-order valence-electron chi connectivity index (χ0n) is 19.5. The van der Waals surface area contributed by atoms with Gasteiger partial charge in [0.2, 0.25) is 0 Å². The average Bonchev–Trinajstić information content (AvgIpc) is 3.67. The van der Waals surface area contributed by atoms with Crippen molar-refractivity contribution in [3.63, 3.8) is 0 Å². The molecule has 1 fully saturated rings. The van der Waals surface area contributed by atoms with E-state index in [0.29, 0.717) is 18.3 Å². The normalized spacial score (nSPS) is 18.3. The maximum Gasteiger partial charge on any atom is 0.141 e. The molecule has 4 aromatic rings. The van der Waals surface area contributed by atoms with Crippen molar-refractivity contribution in [1.82, 2.24) is 5.32 Å². The number of thiophene rings is 2. The predicted molar refractivity (Wildman–Crippen MR) is 149 cm³/mol. The Hall–Kier alpha value is -3.66. The second kappa shape index (κ2) is 11.4. The van der Waals surface area contributed by atoms with Crippen LogP contribution in [-0.2, 0) is 0 Å². The highest BCUT2D eigenvalue weighted by Crippen LogP contribution is 2.25. The molecule has 184 valence electrons. The molecular weight excluding hydrogens is 490 g/mol. The molecule has 1 aliphatic rings. The topological polar surface area (TPSA) is 107 Å². The van der Waals surface area contributed by atoms with Gasteiger partial charge in [-0.1, -0.05) is 18.2 Å². The molecule has 3 heterocycles. The second-order valence-electron chi connectivity index (χ2n) is 8.26. The Morgan fingerprint density at radius 3 is 2.19 bits per heavy atom. The lowest BCUT2D eigenvalue weighted by Crippen LogP contribution is -2.39. The SMILES string of the molecule is NC(=Nc1ccc(OC[C@H]2NCC[C@@H]2Oc2cccc(N=C(N)c3cccs3)c2)cc1)c1cccs1. The summed E-state index contributed by atoms with van der Waals surface area (Å²) in [4.78, 5) is 10.9. The predicted octanol–water partition coefficient (Wildman–Crippen LogP) is 5.07. The monoisotopic (exact) mass is 517 g/mol. The summed E-state index contributed by atoms with van der Waals surface area (Å²) in [5, 5.41) is 7.45. The Morgan fingerprint density at radius 1 is 0.833 bits per heavy atom. The first-order valence-electron chi connectivity index (χ1n) is 11.6. The summed E-state index contributed by atoms with van der Waals surface area (Å²) in [6, 6.07) is 23.2.